The normalized spacial score (nSPS) is 14.8. The van der Waals surface area contributed by atoms with Gasteiger partial charge in [-0.1, -0.05) is 44.2 Å². The average molecular weight is 319 g/mol. The Morgan fingerprint density at radius 3 is 2.71 bits per heavy atom. The average Bonchev–Trinajstić information content (AvgIpc) is 3.23. The van der Waals surface area contributed by atoms with Crippen LogP contribution >= 0.6 is 23.1 Å². The molecule has 2 aromatic rings. The number of hydrogen-bond donors (Lipinski definition) is 1. The van der Waals surface area contributed by atoms with Crippen LogP contribution in [0.5, 0.6) is 0 Å². The van der Waals surface area contributed by atoms with E-state index in [9.17, 15) is 0 Å². The molecule has 0 atom stereocenters. The van der Waals surface area contributed by atoms with Crippen molar-refractivity contribution in [1.82, 2.24) is 10.3 Å². The van der Waals surface area contributed by atoms with E-state index in [1.165, 1.54) is 34.0 Å². The van der Waals surface area contributed by atoms with Crippen molar-refractivity contribution >= 4 is 23.1 Å². The quantitative estimate of drug-likeness (QED) is 0.800. The predicted octanol–water partition coefficient (Wildman–Crippen LogP) is 4.70. The summed E-state index contributed by atoms with van der Waals surface area (Å²) in [4.78, 5) is 6.23. The van der Waals surface area contributed by atoms with Crippen LogP contribution in [-0.4, -0.2) is 16.3 Å². The van der Waals surface area contributed by atoms with Gasteiger partial charge in [-0.3, -0.25) is 0 Å². The Kier molecular flexibility index (Phi) is 4.99. The molecule has 0 unspecified atom stereocenters. The lowest BCUT2D eigenvalue weighted by Crippen LogP contribution is -2.16. The van der Waals surface area contributed by atoms with Gasteiger partial charge in [0.2, 0.25) is 0 Å². The fraction of sp³-hybridized carbons (Fsp3) is 0.471. The van der Waals surface area contributed by atoms with Gasteiger partial charge in [0.1, 0.15) is 5.01 Å². The summed E-state index contributed by atoms with van der Waals surface area (Å²) >= 11 is 3.82. The van der Waals surface area contributed by atoms with Gasteiger partial charge in [0.05, 0.1) is 10.6 Å². The van der Waals surface area contributed by atoms with Gasteiger partial charge in [0.25, 0.3) is 0 Å². The van der Waals surface area contributed by atoms with Gasteiger partial charge < -0.3 is 5.32 Å². The van der Waals surface area contributed by atoms with Gasteiger partial charge in [-0.05, 0) is 23.7 Å². The number of hydrogen-bond acceptors (Lipinski definition) is 4. The van der Waals surface area contributed by atoms with Crippen LogP contribution in [0.1, 0.15) is 37.4 Å². The summed E-state index contributed by atoms with van der Waals surface area (Å²) in [5, 5.41) is 5.50. The van der Waals surface area contributed by atoms with Crippen LogP contribution < -0.4 is 5.32 Å². The molecule has 21 heavy (non-hydrogen) atoms. The molecule has 1 aromatic carbocycles. The van der Waals surface area contributed by atoms with Crippen molar-refractivity contribution < 1.29 is 0 Å². The first-order chi connectivity index (χ1) is 10.2. The third kappa shape index (κ3) is 4.31. The maximum absolute atomic E-state index is 4.89. The number of thiazole rings is 1. The molecule has 112 valence electrons. The van der Waals surface area contributed by atoms with E-state index >= 15 is 0 Å². The van der Waals surface area contributed by atoms with Crippen molar-refractivity contribution in [2.45, 2.75) is 50.3 Å². The summed E-state index contributed by atoms with van der Waals surface area (Å²) in [6.45, 7) is 5.38. The molecule has 1 fully saturated rings. The van der Waals surface area contributed by atoms with Crippen molar-refractivity contribution in [3.8, 4) is 10.4 Å². The summed E-state index contributed by atoms with van der Waals surface area (Å²) < 4.78 is 0. The second-order valence-corrected chi connectivity index (χ2v) is 8.41. The number of benzene rings is 1. The Morgan fingerprint density at radius 2 is 2.05 bits per heavy atom. The van der Waals surface area contributed by atoms with Gasteiger partial charge in [0, 0.05) is 18.3 Å². The van der Waals surface area contributed by atoms with Crippen molar-refractivity contribution in [3.63, 3.8) is 0 Å². The molecule has 1 aliphatic carbocycles. The molecule has 1 saturated carbocycles. The predicted molar refractivity (Wildman–Crippen MR) is 93.8 cm³/mol. The zero-order valence-electron chi connectivity index (χ0n) is 12.6. The first-order valence-corrected chi connectivity index (χ1v) is 9.48. The third-order valence-electron chi connectivity index (χ3n) is 3.45. The highest BCUT2D eigenvalue weighted by Crippen LogP contribution is 2.33. The number of nitrogens with zero attached hydrogens (tertiary/aromatic N) is 1. The molecule has 0 amide bonds. The molecular weight excluding hydrogens is 296 g/mol. The number of thioether (sulfide) groups is 1. The second kappa shape index (κ2) is 6.95. The summed E-state index contributed by atoms with van der Waals surface area (Å²) in [6.07, 6.45) is 2.64. The van der Waals surface area contributed by atoms with Crippen molar-refractivity contribution in [1.29, 1.82) is 0 Å². The lowest BCUT2D eigenvalue weighted by Gasteiger charge is -2.03. The van der Waals surface area contributed by atoms with Crippen LogP contribution in [0, 0.1) is 0 Å². The van der Waals surface area contributed by atoms with Crippen LogP contribution in [0.25, 0.3) is 10.4 Å². The molecule has 1 N–H and O–H groups in total. The van der Waals surface area contributed by atoms with E-state index in [0.717, 1.165) is 18.3 Å². The molecule has 4 heteroatoms. The van der Waals surface area contributed by atoms with Crippen LogP contribution in [0.15, 0.2) is 30.3 Å². The maximum Gasteiger partial charge on any atom is 0.103 e. The van der Waals surface area contributed by atoms with Crippen molar-refractivity contribution in [2.24, 2.45) is 0 Å². The number of nitrogens with one attached hydrogen (secondary N) is 1. The Labute approximate surface area is 135 Å². The van der Waals surface area contributed by atoms with Crippen molar-refractivity contribution in [3.05, 3.63) is 41.0 Å². The van der Waals surface area contributed by atoms with Gasteiger partial charge in [-0.25, -0.2) is 4.98 Å². The third-order valence-corrected chi connectivity index (χ3v) is 5.89. The van der Waals surface area contributed by atoms with Gasteiger partial charge in [-0.15, -0.1) is 11.3 Å². The Hall–Kier alpha value is -0.840. The van der Waals surface area contributed by atoms with Gasteiger partial charge in [-0.2, -0.15) is 11.8 Å². The Bertz CT molecular complexity index is 574. The summed E-state index contributed by atoms with van der Waals surface area (Å²) in [5.74, 6) is 1.02. The monoisotopic (exact) mass is 318 g/mol. The zero-order valence-corrected chi connectivity index (χ0v) is 14.3. The standard InChI is InChI=1S/C17H22N2S2/c1-12(2)20-11-16-19-15(10-18-14-8-9-14)17(21-16)13-6-4-3-5-7-13/h3-7,12,14,18H,8-11H2,1-2H3. The van der Waals surface area contributed by atoms with E-state index < -0.39 is 0 Å². The largest absolute Gasteiger partial charge is 0.308 e. The molecule has 0 radical (unpaired) electrons. The van der Waals surface area contributed by atoms with E-state index in [-0.39, 0.29) is 0 Å². The number of aromatic nitrogens is 1. The molecule has 2 nitrogen and oxygen atoms in total. The smallest absolute Gasteiger partial charge is 0.103 e. The highest BCUT2D eigenvalue weighted by Gasteiger charge is 2.22. The highest BCUT2D eigenvalue weighted by atomic mass is 32.2. The second-order valence-electron chi connectivity index (χ2n) is 5.76. The fourth-order valence-corrected chi connectivity index (χ4v) is 4.03. The fourth-order valence-electron chi connectivity index (χ4n) is 2.16. The van der Waals surface area contributed by atoms with E-state index in [2.05, 4.69) is 49.5 Å². The topological polar surface area (TPSA) is 24.9 Å². The van der Waals surface area contributed by atoms with Gasteiger partial charge in [0.15, 0.2) is 0 Å². The molecule has 1 aliphatic rings. The van der Waals surface area contributed by atoms with E-state index in [1.807, 2.05) is 23.1 Å². The van der Waals surface area contributed by atoms with E-state index in [1.54, 1.807) is 0 Å². The van der Waals surface area contributed by atoms with Crippen LogP contribution in [0.4, 0.5) is 0 Å². The summed E-state index contributed by atoms with van der Waals surface area (Å²) in [5.41, 5.74) is 2.51. The Morgan fingerprint density at radius 1 is 1.29 bits per heavy atom. The molecule has 1 aromatic heterocycles. The van der Waals surface area contributed by atoms with Crippen LogP contribution in [0.3, 0.4) is 0 Å². The zero-order chi connectivity index (χ0) is 14.7. The number of rotatable bonds is 7. The van der Waals surface area contributed by atoms with Crippen LogP contribution in [-0.2, 0) is 12.3 Å². The molecule has 0 bridgehead atoms. The minimum Gasteiger partial charge on any atom is -0.308 e. The maximum atomic E-state index is 4.89. The van der Waals surface area contributed by atoms with E-state index in [4.69, 9.17) is 4.98 Å². The SMILES string of the molecule is CC(C)SCc1nc(CNC2CC2)c(-c2ccccc2)s1. The Balaban J connectivity index is 1.80. The minimum atomic E-state index is 0.655. The minimum absolute atomic E-state index is 0.655. The molecule has 0 saturated heterocycles. The van der Waals surface area contributed by atoms with Gasteiger partial charge >= 0.3 is 0 Å². The van der Waals surface area contributed by atoms with Crippen molar-refractivity contribution in [2.75, 3.05) is 0 Å². The molecule has 1 heterocycles. The first kappa shape index (κ1) is 15.1. The first-order valence-electron chi connectivity index (χ1n) is 7.61. The lowest BCUT2D eigenvalue weighted by atomic mass is 10.1. The molecule has 0 spiro atoms. The molecule has 0 aliphatic heterocycles. The van der Waals surface area contributed by atoms with E-state index in [0.29, 0.717) is 5.25 Å². The molecule has 3 rings (SSSR count). The molecular formula is C17H22N2S2. The summed E-state index contributed by atoms with van der Waals surface area (Å²) in [7, 11) is 0. The van der Waals surface area contributed by atoms with Crippen LogP contribution in [0.2, 0.25) is 0 Å². The summed E-state index contributed by atoms with van der Waals surface area (Å²) in [6, 6.07) is 11.4. The lowest BCUT2D eigenvalue weighted by molar-refractivity contribution is 0.677. The highest BCUT2D eigenvalue weighted by molar-refractivity contribution is 7.99.